The van der Waals surface area contributed by atoms with Crippen LogP contribution in [0.25, 0.3) is 0 Å². The fraction of sp³-hybridized carbons (Fsp3) is 1.00. The second kappa shape index (κ2) is 4.24. The predicted octanol–water partition coefficient (Wildman–Crippen LogP) is 5.28. The molecule has 0 amide bonds. The van der Waals surface area contributed by atoms with Gasteiger partial charge in [-0.15, -0.1) is 0 Å². The van der Waals surface area contributed by atoms with Gasteiger partial charge in [-0.1, -0.05) is 61.8 Å². The van der Waals surface area contributed by atoms with Crippen LogP contribution in [-0.2, 0) is 0 Å². The Morgan fingerprint density at radius 2 is 1.14 bits per heavy atom. The fourth-order valence-corrected chi connectivity index (χ4v) is 1.73. The van der Waals surface area contributed by atoms with Crippen LogP contribution in [0.1, 0.15) is 74.7 Å². The highest BCUT2D eigenvalue weighted by Gasteiger charge is 2.36. The molecule has 0 aromatic rings. The molecule has 14 heavy (non-hydrogen) atoms. The summed E-state index contributed by atoms with van der Waals surface area (Å²) in [5.74, 6) is 0. The standard InChI is InChI=1S/C14H30/c1-9-14(8,13(5,6)7)11-10-12(2,3)4/h9-11H2,1-8H3. The largest absolute Gasteiger partial charge is 0.0648 e. The molecule has 0 saturated heterocycles. The summed E-state index contributed by atoms with van der Waals surface area (Å²) in [6.07, 6.45) is 3.96. The molecule has 86 valence electrons. The van der Waals surface area contributed by atoms with Gasteiger partial charge in [-0.25, -0.2) is 0 Å². The minimum Gasteiger partial charge on any atom is -0.0648 e. The van der Waals surface area contributed by atoms with Crippen LogP contribution in [0.4, 0.5) is 0 Å². The number of rotatable bonds is 3. The van der Waals surface area contributed by atoms with E-state index >= 15 is 0 Å². The highest BCUT2D eigenvalue weighted by molar-refractivity contribution is 4.86. The Morgan fingerprint density at radius 3 is 1.36 bits per heavy atom. The normalized spacial score (nSPS) is 18.0. The summed E-state index contributed by atoms with van der Waals surface area (Å²) in [4.78, 5) is 0. The van der Waals surface area contributed by atoms with E-state index in [0.29, 0.717) is 16.2 Å². The van der Waals surface area contributed by atoms with Crippen LogP contribution in [0.15, 0.2) is 0 Å². The number of hydrogen-bond donors (Lipinski definition) is 0. The third-order valence-corrected chi connectivity index (χ3v) is 4.02. The predicted molar refractivity (Wildman–Crippen MR) is 66.5 cm³/mol. The molecule has 0 aliphatic rings. The maximum Gasteiger partial charge on any atom is -0.0280 e. The summed E-state index contributed by atoms with van der Waals surface area (Å²) in [5.41, 5.74) is 1.38. The first kappa shape index (κ1) is 14.0. The number of hydrogen-bond acceptors (Lipinski definition) is 0. The molecule has 0 heterocycles. The SMILES string of the molecule is CCC(C)(CCC(C)(C)C)C(C)(C)C. The van der Waals surface area contributed by atoms with E-state index in [1.807, 2.05) is 0 Å². The Morgan fingerprint density at radius 1 is 0.714 bits per heavy atom. The molecule has 0 aromatic heterocycles. The van der Waals surface area contributed by atoms with Gasteiger partial charge in [-0.3, -0.25) is 0 Å². The topological polar surface area (TPSA) is 0 Å². The zero-order valence-corrected chi connectivity index (χ0v) is 11.6. The molecule has 0 N–H and O–H groups in total. The van der Waals surface area contributed by atoms with E-state index in [0.717, 1.165) is 0 Å². The summed E-state index contributed by atoms with van der Waals surface area (Å²) < 4.78 is 0. The van der Waals surface area contributed by atoms with Crippen molar-refractivity contribution in [3.63, 3.8) is 0 Å². The van der Waals surface area contributed by atoms with E-state index in [1.165, 1.54) is 19.3 Å². The summed E-state index contributed by atoms with van der Waals surface area (Å²) in [6.45, 7) is 18.9. The van der Waals surface area contributed by atoms with E-state index in [2.05, 4.69) is 55.4 Å². The summed E-state index contributed by atoms with van der Waals surface area (Å²) in [7, 11) is 0. The second-order valence-electron chi connectivity index (χ2n) is 7.22. The molecule has 1 atom stereocenters. The lowest BCUT2D eigenvalue weighted by Gasteiger charge is -2.43. The molecular formula is C14H30. The van der Waals surface area contributed by atoms with Crippen LogP contribution in [-0.4, -0.2) is 0 Å². The zero-order chi connectivity index (χ0) is 11.6. The zero-order valence-electron chi connectivity index (χ0n) is 11.6. The van der Waals surface area contributed by atoms with E-state index in [1.54, 1.807) is 0 Å². The van der Waals surface area contributed by atoms with Crippen LogP contribution in [0.2, 0.25) is 0 Å². The van der Waals surface area contributed by atoms with E-state index in [-0.39, 0.29) is 0 Å². The lowest BCUT2D eigenvalue weighted by molar-refractivity contribution is 0.0754. The van der Waals surface area contributed by atoms with Gasteiger partial charge in [0, 0.05) is 0 Å². The molecule has 0 fully saturated rings. The first-order valence-corrected chi connectivity index (χ1v) is 6.02. The highest BCUT2D eigenvalue weighted by atomic mass is 14.4. The molecule has 0 rings (SSSR count). The first-order valence-electron chi connectivity index (χ1n) is 6.02. The van der Waals surface area contributed by atoms with Crippen molar-refractivity contribution in [1.82, 2.24) is 0 Å². The van der Waals surface area contributed by atoms with Gasteiger partial charge < -0.3 is 0 Å². The Kier molecular flexibility index (Phi) is 4.24. The van der Waals surface area contributed by atoms with Gasteiger partial charge in [0.1, 0.15) is 0 Å². The Balaban J connectivity index is 4.43. The molecule has 0 radical (unpaired) electrons. The lowest BCUT2D eigenvalue weighted by Crippen LogP contribution is -2.33. The van der Waals surface area contributed by atoms with Gasteiger partial charge in [0.25, 0.3) is 0 Å². The van der Waals surface area contributed by atoms with E-state index < -0.39 is 0 Å². The molecule has 0 spiro atoms. The quantitative estimate of drug-likeness (QED) is 0.579. The fourth-order valence-electron chi connectivity index (χ4n) is 1.73. The lowest BCUT2D eigenvalue weighted by atomic mass is 9.62. The van der Waals surface area contributed by atoms with Crippen molar-refractivity contribution < 1.29 is 0 Å². The van der Waals surface area contributed by atoms with Gasteiger partial charge >= 0.3 is 0 Å². The monoisotopic (exact) mass is 198 g/mol. The van der Waals surface area contributed by atoms with Crippen LogP contribution in [0, 0.1) is 16.2 Å². The van der Waals surface area contributed by atoms with Crippen molar-refractivity contribution in [1.29, 1.82) is 0 Å². The minimum absolute atomic E-state index is 0.424. The molecule has 0 aliphatic heterocycles. The maximum atomic E-state index is 2.44. The van der Waals surface area contributed by atoms with Gasteiger partial charge in [0.15, 0.2) is 0 Å². The Labute approximate surface area is 91.5 Å². The van der Waals surface area contributed by atoms with Crippen LogP contribution in [0.3, 0.4) is 0 Å². The van der Waals surface area contributed by atoms with Crippen LogP contribution < -0.4 is 0 Å². The molecule has 0 bridgehead atoms. The Hall–Kier alpha value is 0. The molecular weight excluding hydrogens is 168 g/mol. The highest BCUT2D eigenvalue weighted by Crippen LogP contribution is 2.46. The smallest absolute Gasteiger partial charge is 0.0280 e. The van der Waals surface area contributed by atoms with Crippen LogP contribution >= 0.6 is 0 Å². The minimum atomic E-state index is 0.424. The van der Waals surface area contributed by atoms with E-state index in [4.69, 9.17) is 0 Å². The van der Waals surface area contributed by atoms with Crippen molar-refractivity contribution in [2.45, 2.75) is 74.7 Å². The van der Waals surface area contributed by atoms with Gasteiger partial charge in [-0.2, -0.15) is 0 Å². The van der Waals surface area contributed by atoms with Crippen molar-refractivity contribution >= 4 is 0 Å². The van der Waals surface area contributed by atoms with Gasteiger partial charge in [0.2, 0.25) is 0 Å². The third kappa shape index (κ3) is 4.02. The van der Waals surface area contributed by atoms with Crippen LogP contribution in [0.5, 0.6) is 0 Å². The molecule has 0 saturated carbocycles. The molecule has 1 unspecified atom stereocenters. The van der Waals surface area contributed by atoms with Crippen molar-refractivity contribution in [3.8, 4) is 0 Å². The van der Waals surface area contributed by atoms with Gasteiger partial charge in [0.05, 0.1) is 0 Å². The average Bonchev–Trinajstić information content (AvgIpc) is 1.96. The average molecular weight is 198 g/mol. The third-order valence-electron chi connectivity index (χ3n) is 4.02. The van der Waals surface area contributed by atoms with Crippen molar-refractivity contribution in [2.75, 3.05) is 0 Å². The summed E-state index contributed by atoms with van der Waals surface area (Å²) >= 11 is 0. The van der Waals surface area contributed by atoms with Crippen molar-refractivity contribution in [2.24, 2.45) is 16.2 Å². The summed E-state index contributed by atoms with van der Waals surface area (Å²) in [6, 6.07) is 0. The molecule has 0 aliphatic carbocycles. The second-order valence-corrected chi connectivity index (χ2v) is 7.22. The molecule has 0 heteroatoms. The Bertz CT molecular complexity index is 165. The van der Waals surface area contributed by atoms with E-state index in [9.17, 15) is 0 Å². The molecule has 0 nitrogen and oxygen atoms in total. The maximum absolute atomic E-state index is 2.44. The summed E-state index contributed by atoms with van der Waals surface area (Å²) in [5, 5.41) is 0. The van der Waals surface area contributed by atoms with Gasteiger partial charge in [-0.05, 0) is 29.1 Å². The van der Waals surface area contributed by atoms with Crippen molar-refractivity contribution in [3.05, 3.63) is 0 Å². The first-order chi connectivity index (χ1) is 6.02. The molecule has 0 aromatic carbocycles.